The van der Waals surface area contributed by atoms with Gasteiger partial charge in [0.2, 0.25) is 5.91 Å². The predicted molar refractivity (Wildman–Crippen MR) is 106 cm³/mol. The van der Waals surface area contributed by atoms with E-state index in [-0.39, 0.29) is 5.91 Å². The SMILES string of the molecule is COC(=O)c1ccsc1NC(=O)/C=C/c1c(C)nn(-c2ccccc2)c1C. The van der Waals surface area contributed by atoms with Gasteiger partial charge in [0.15, 0.2) is 0 Å². The van der Waals surface area contributed by atoms with Crippen molar-refractivity contribution in [2.75, 3.05) is 12.4 Å². The molecule has 2 heterocycles. The van der Waals surface area contributed by atoms with Gasteiger partial charge >= 0.3 is 5.97 Å². The highest BCUT2D eigenvalue weighted by Gasteiger charge is 2.15. The van der Waals surface area contributed by atoms with Crippen LogP contribution in [-0.4, -0.2) is 28.8 Å². The summed E-state index contributed by atoms with van der Waals surface area (Å²) in [6.45, 7) is 3.86. The molecule has 0 aliphatic rings. The molecule has 3 aromatic rings. The van der Waals surface area contributed by atoms with Gasteiger partial charge in [-0.3, -0.25) is 4.79 Å². The minimum Gasteiger partial charge on any atom is -0.465 e. The van der Waals surface area contributed by atoms with E-state index < -0.39 is 5.97 Å². The third-order valence-electron chi connectivity index (χ3n) is 4.06. The summed E-state index contributed by atoms with van der Waals surface area (Å²) >= 11 is 1.27. The third kappa shape index (κ3) is 3.98. The number of hydrogen-bond donors (Lipinski definition) is 1. The standard InChI is InChI=1S/C20H19N3O3S/c1-13-16(14(2)23(22-13)15-7-5-4-6-8-15)9-10-18(24)21-19-17(11-12-27-19)20(25)26-3/h4-12H,1-3H3,(H,21,24)/b10-9+. The summed E-state index contributed by atoms with van der Waals surface area (Å²) in [5.74, 6) is -0.805. The molecule has 0 aliphatic heterocycles. The molecule has 6 nitrogen and oxygen atoms in total. The molecule has 3 rings (SSSR count). The number of nitrogens with one attached hydrogen (secondary N) is 1. The van der Waals surface area contributed by atoms with Gasteiger partial charge in [0, 0.05) is 17.3 Å². The molecular weight excluding hydrogens is 362 g/mol. The predicted octanol–water partition coefficient (Wildman–Crippen LogP) is 3.99. The van der Waals surface area contributed by atoms with Gasteiger partial charge in [-0.05, 0) is 43.5 Å². The van der Waals surface area contributed by atoms with E-state index in [0.29, 0.717) is 10.6 Å². The molecule has 1 N–H and O–H groups in total. The second kappa shape index (κ2) is 8.01. The molecule has 2 aromatic heterocycles. The van der Waals surface area contributed by atoms with Crippen LogP contribution in [-0.2, 0) is 9.53 Å². The Morgan fingerprint density at radius 1 is 1.19 bits per heavy atom. The Morgan fingerprint density at radius 3 is 2.63 bits per heavy atom. The number of carbonyl (C=O) groups excluding carboxylic acids is 2. The Morgan fingerprint density at radius 2 is 1.93 bits per heavy atom. The average Bonchev–Trinajstić information content (AvgIpc) is 3.24. The van der Waals surface area contributed by atoms with Crippen LogP contribution in [0.25, 0.3) is 11.8 Å². The molecule has 27 heavy (non-hydrogen) atoms. The van der Waals surface area contributed by atoms with Crippen LogP contribution >= 0.6 is 11.3 Å². The molecule has 7 heteroatoms. The highest BCUT2D eigenvalue weighted by molar-refractivity contribution is 7.14. The van der Waals surface area contributed by atoms with Crippen LogP contribution in [0, 0.1) is 13.8 Å². The summed E-state index contributed by atoms with van der Waals surface area (Å²) in [5, 5.41) is 9.46. The number of esters is 1. The second-order valence-corrected chi connectivity index (χ2v) is 6.73. The van der Waals surface area contributed by atoms with Crippen LogP contribution in [0.3, 0.4) is 0 Å². The summed E-state index contributed by atoms with van der Waals surface area (Å²) in [6, 6.07) is 11.4. The number of amides is 1. The summed E-state index contributed by atoms with van der Waals surface area (Å²) in [6.07, 6.45) is 3.17. The van der Waals surface area contributed by atoms with Crippen LogP contribution in [0.2, 0.25) is 0 Å². The van der Waals surface area contributed by atoms with E-state index in [9.17, 15) is 9.59 Å². The molecule has 0 spiro atoms. The fourth-order valence-corrected chi connectivity index (χ4v) is 3.48. The number of aromatic nitrogens is 2. The average molecular weight is 381 g/mol. The van der Waals surface area contributed by atoms with E-state index in [1.165, 1.54) is 24.5 Å². The zero-order valence-electron chi connectivity index (χ0n) is 15.2. The fourth-order valence-electron chi connectivity index (χ4n) is 2.71. The van der Waals surface area contributed by atoms with Gasteiger partial charge in [-0.1, -0.05) is 18.2 Å². The first kappa shape index (κ1) is 18.6. The van der Waals surface area contributed by atoms with Crippen LogP contribution in [0.5, 0.6) is 0 Å². The van der Waals surface area contributed by atoms with E-state index >= 15 is 0 Å². The lowest BCUT2D eigenvalue weighted by Crippen LogP contribution is -2.10. The van der Waals surface area contributed by atoms with Crippen molar-refractivity contribution in [3.8, 4) is 5.69 Å². The van der Waals surface area contributed by atoms with Gasteiger partial charge in [-0.25, -0.2) is 9.48 Å². The van der Waals surface area contributed by atoms with Crippen molar-refractivity contribution in [2.24, 2.45) is 0 Å². The maximum absolute atomic E-state index is 12.3. The normalized spacial score (nSPS) is 10.9. The molecule has 0 aliphatic carbocycles. The van der Waals surface area contributed by atoms with E-state index in [2.05, 4.69) is 10.4 Å². The molecule has 0 radical (unpaired) electrons. The van der Waals surface area contributed by atoms with Gasteiger partial charge < -0.3 is 10.1 Å². The Bertz CT molecular complexity index is 1000. The fraction of sp³-hybridized carbons (Fsp3) is 0.150. The van der Waals surface area contributed by atoms with Gasteiger partial charge in [0.25, 0.3) is 0 Å². The van der Waals surface area contributed by atoms with Crippen molar-refractivity contribution >= 4 is 34.3 Å². The molecule has 0 unspecified atom stereocenters. The zero-order valence-corrected chi connectivity index (χ0v) is 16.0. The molecule has 0 fully saturated rings. The first-order chi connectivity index (χ1) is 13.0. The third-order valence-corrected chi connectivity index (χ3v) is 4.89. The first-order valence-electron chi connectivity index (χ1n) is 8.27. The number of methoxy groups -OCH3 is 1. The van der Waals surface area contributed by atoms with Crippen molar-refractivity contribution in [1.82, 2.24) is 9.78 Å². The molecule has 0 saturated carbocycles. The largest absolute Gasteiger partial charge is 0.465 e. The molecule has 1 amide bonds. The summed E-state index contributed by atoms with van der Waals surface area (Å²) in [5.41, 5.74) is 3.95. The lowest BCUT2D eigenvalue weighted by Gasteiger charge is -2.04. The van der Waals surface area contributed by atoms with Gasteiger partial charge in [0.1, 0.15) is 5.00 Å². The number of hydrogen-bond acceptors (Lipinski definition) is 5. The second-order valence-electron chi connectivity index (χ2n) is 5.81. The highest BCUT2D eigenvalue weighted by atomic mass is 32.1. The summed E-state index contributed by atoms with van der Waals surface area (Å²) in [4.78, 5) is 24.0. The Labute approximate surface area is 161 Å². The van der Waals surface area contributed by atoms with Crippen molar-refractivity contribution in [1.29, 1.82) is 0 Å². The maximum Gasteiger partial charge on any atom is 0.340 e. The number of aryl methyl sites for hydroxylation is 1. The lowest BCUT2D eigenvalue weighted by molar-refractivity contribution is -0.111. The summed E-state index contributed by atoms with van der Waals surface area (Å²) < 4.78 is 6.56. The lowest BCUT2D eigenvalue weighted by atomic mass is 10.2. The van der Waals surface area contributed by atoms with Gasteiger partial charge in [-0.2, -0.15) is 5.10 Å². The molecule has 0 atom stereocenters. The quantitative estimate of drug-likeness (QED) is 0.536. The van der Waals surface area contributed by atoms with E-state index in [0.717, 1.165) is 22.6 Å². The smallest absolute Gasteiger partial charge is 0.340 e. The molecule has 138 valence electrons. The molecule has 1 aromatic carbocycles. The van der Waals surface area contributed by atoms with E-state index in [1.54, 1.807) is 17.5 Å². The van der Waals surface area contributed by atoms with Crippen molar-refractivity contribution < 1.29 is 14.3 Å². The van der Waals surface area contributed by atoms with Crippen molar-refractivity contribution in [2.45, 2.75) is 13.8 Å². The van der Waals surface area contributed by atoms with Crippen molar-refractivity contribution in [3.05, 3.63) is 70.4 Å². The number of thiophene rings is 1. The number of anilines is 1. The Hall–Kier alpha value is -3.19. The number of nitrogens with zero attached hydrogens (tertiary/aromatic N) is 2. The summed E-state index contributed by atoms with van der Waals surface area (Å²) in [7, 11) is 1.31. The topological polar surface area (TPSA) is 73.2 Å². The van der Waals surface area contributed by atoms with E-state index in [4.69, 9.17) is 4.74 Å². The minimum absolute atomic E-state index is 0.325. The minimum atomic E-state index is -0.480. The van der Waals surface area contributed by atoms with E-state index in [1.807, 2.05) is 48.9 Å². The van der Waals surface area contributed by atoms with Gasteiger partial charge in [-0.15, -0.1) is 11.3 Å². The number of carbonyl (C=O) groups is 2. The Balaban J connectivity index is 1.79. The number of benzene rings is 1. The molecule has 0 bridgehead atoms. The van der Waals surface area contributed by atoms with Crippen LogP contribution in [0.4, 0.5) is 5.00 Å². The maximum atomic E-state index is 12.3. The number of rotatable bonds is 5. The Kier molecular flexibility index (Phi) is 5.52. The first-order valence-corrected chi connectivity index (χ1v) is 9.15. The monoisotopic (exact) mass is 381 g/mol. The van der Waals surface area contributed by atoms with Crippen LogP contribution in [0.15, 0.2) is 47.9 Å². The molecular formula is C20H19N3O3S. The number of para-hydroxylation sites is 1. The highest BCUT2D eigenvalue weighted by Crippen LogP contribution is 2.24. The van der Waals surface area contributed by atoms with Crippen molar-refractivity contribution in [3.63, 3.8) is 0 Å². The molecule has 0 saturated heterocycles. The van der Waals surface area contributed by atoms with Gasteiger partial charge in [0.05, 0.1) is 24.1 Å². The number of ether oxygens (including phenoxy) is 1. The zero-order chi connectivity index (χ0) is 19.4. The van der Waals surface area contributed by atoms with Crippen LogP contribution < -0.4 is 5.32 Å². The van der Waals surface area contributed by atoms with Crippen LogP contribution in [0.1, 0.15) is 27.3 Å².